The lowest BCUT2D eigenvalue weighted by atomic mass is 9.79. The summed E-state index contributed by atoms with van der Waals surface area (Å²) in [6.07, 6.45) is 2.25. The fraction of sp³-hybridized carbons (Fsp3) is 0.786. The van der Waals surface area contributed by atoms with E-state index in [9.17, 15) is 5.11 Å². The Labute approximate surface area is 121 Å². The molecule has 1 aromatic heterocycles. The van der Waals surface area contributed by atoms with Crippen molar-refractivity contribution in [3.8, 4) is 0 Å². The van der Waals surface area contributed by atoms with Crippen LogP contribution in [0.3, 0.4) is 0 Å². The molecular weight excluding hydrogens is 255 g/mol. The molecule has 0 spiro atoms. The highest BCUT2D eigenvalue weighted by molar-refractivity contribution is 6.62. The first-order valence-electron chi connectivity index (χ1n) is 7.24. The summed E-state index contributed by atoms with van der Waals surface area (Å²) in [6, 6.07) is 0. The molecule has 2 heterocycles. The number of rotatable bonds is 4. The maximum atomic E-state index is 9.72. The predicted molar refractivity (Wildman–Crippen MR) is 79.0 cm³/mol. The zero-order valence-corrected chi connectivity index (χ0v) is 13.3. The van der Waals surface area contributed by atoms with Gasteiger partial charge in [0.2, 0.25) is 0 Å². The zero-order chi connectivity index (χ0) is 15.1. The summed E-state index contributed by atoms with van der Waals surface area (Å²) >= 11 is 0. The Morgan fingerprint density at radius 1 is 1.30 bits per heavy atom. The lowest BCUT2D eigenvalue weighted by molar-refractivity contribution is 0.00578. The van der Waals surface area contributed by atoms with Gasteiger partial charge in [0.25, 0.3) is 0 Å². The van der Waals surface area contributed by atoms with E-state index in [1.807, 2.05) is 47.7 Å². The van der Waals surface area contributed by atoms with Crippen LogP contribution in [-0.2, 0) is 15.9 Å². The molecule has 1 atom stereocenters. The van der Waals surface area contributed by atoms with Crippen LogP contribution in [0.5, 0.6) is 0 Å². The smallest absolute Gasteiger partial charge is 0.399 e. The third-order valence-corrected chi connectivity index (χ3v) is 4.36. The Hall–Kier alpha value is -0.845. The third kappa shape index (κ3) is 2.78. The van der Waals surface area contributed by atoms with Crippen molar-refractivity contribution >= 4 is 12.6 Å². The van der Waals surface area contributed by atoms with Crippen LogP contribution >= 0.6 is 0 Å². The van der Waals surface area contributed by atoms with Crippen molar-refractivity contribution in [2.45, 2.75) is 71.8 Å². The van der Waals surface area contributed by atoms with Crippen LogP contribution in [-0.4, -0.2) is 39.3 Å². The van der Waals surface area contributed by atoms with E-state index >= 15 is 0 Å². The van der Waals surface area contributed by atoms with Gasteiger partial charge in [-0.3, -0.25) is 4.68 Å². The van der Waals surface area contributed by atoms with E-state index in [4.69, 9.17) is 9.31 Å². The van der Waals surface area contributed by atoms with Gasteiger partial charge in [-0.15, -0.1) is 0 Å². The maximum absolute atomic E-state index is 9.72. The summed E-state index contributed by atoms with van der Waals surface area (Å²) < 4.78 is 13.8. The molecule has 0 aliphatic carbocycles. The van der Waals surface area contributed by atoms with Crippen LogP contribution in [0.2, 0.25) is 0 Å². The molecule has 0 radical (unpaired) electrons. The van der Waals surface area contributed by atoms with Crippen molar-refractivity contribution in [2.75, 3.05) is 0 Å². The van der Waals surface area contributed by atoms with Crippen LogP contribution in [0.4, 0.5) is 0 Å². The molecule has 1 saturated heterocycles. The van der Waals surface area contributed by atoms with Crippen molar-refractivity contribution in [3.63, 3.8) is 0 Å². The minimum atomic E-state index is -0.396. The molecule has 112 valence electrons. The molecular formula is C14H25BN2O3. The van der Waals surface area contributed by atoms with Gasteiger partial charge in [0.15, 0.2) is 0 Å². The number of aliphatic hydroxyl groups excluding tert-OH is 1. The molecule has 20 heavy (non-hydrogen) atoms. The Bertz CT molecular complexity index is 469. The van der Waals surface area contributed by atoms with Crippen molar-refractivity contribution in [1.29, 1.82) is 0 Å². The third-order valence-electron chi connectivity index (χ3n) is 4.36. The molecule has 1 aliphatic rings. The highest BCUT2D eigenvalue weighted by atomic mass is 16.7. The van der Waals surface area contributed by atoms with Crippen molar-refractivity contribution in [1.82, 2.24) is 9.78 Å². The summed E-state index contributed by atoms with van der Waals surface area (Å²) in [4.78, 5) is 0. The minimum absolute atomic E-state index is 0.352. The number of aliphatic hydroxyl groups is 1. The number of aromatic nitrogens is 2. The quantitative estimate of drug-likeness (QED) is 0.844. The lowest BCUT2D eigenvalue weighted by Crippen LogP contribution is -2.41. The molecule has 5 nitrogen and oxygen atoms in total. The first-order chi connectivity index (χ1) is 9.16. The molecule has 1 aromatic rings. The molecule has 0 saturated carbocycles. The molecule has 1 unspecified atom stereocenters. The SMILES string of the molecule is CCC(O)Cn1cc(B2OC(C)(C)C(C)(C)O2)c(C)n1. The Kier molecular flexibility index (Phi) is 4.02. The Balaban J connectivity index is 2.19. The molecule has 0 bridgehead atoms. The van der Waals surface area contributed by atoms with Gasteiger partial charge in [0.1, 0.15) is 0 Å². The van der Waals surface area contributed by atoms with E-state index < -0.39 is 7.12 Å². The highest BCUT2D eigenvalue weighted by Crippen LogP contribution is 2.36. The monoisotopic (exact) mass is 280 g/mol. The fourth-order valence-electron chi connectivity index (χ4n) is 2.17. The van der Waals surface area contributed by atoms with Crippen molar-refractivity contribution < 1.29 is 14.4 Å². The molecule has 1 aliphatic heterocycles. The second-order valence-corrected chi connectivity index (χ2v) is 6.54. The van der Waals surface area contributed by atoms with Crippen LogP contribution in [0.15, 0.2) is 6.20 Å². The van der Waals surface area contributed by atoms with E-state index in [0.29, 0.717) is 13.0 Å². The topological polar surface area (TPSA) is 56.5 Å². The summed E-state index contributed by atoms with van der Waals surface area (Å²) in [6.45, 7) is 12.5. The Morgan fingerprint density at radius 2 is 1.85 bits per heavy atom. The molecule has 0 aromatic carbocycles. The van der Waals surface area contributed by atoms with Gasteiger partial charge in [-0.2, -0.15) is 5.10 Å². The van der Waals surface area contributed by atoms with Crippen LogP contribution in [0.1, 0.15) is 46.7 Å². The van der Waals surface area contributed by atoms with E-state index in [1.54, 1.807) is 4.68 Å². The van der Waals surface area contributed by atoms with Gasteiger partial charge >= 0.3 is 7.12 Å². The summed E-state index contributed by atoms with van der Waals surface area (Å²) in [5.74, 6) is 0. The van der Waals surface area contributed by atoms with E-state index in [-0.39, 0.29) is 17.3 Å². The van der Waals surface area contributed by atoms with Gasteiger partial charge in [-0.05, 0) is 41.0 Å². The van der Waals surface area contributed by atoms with Crippen LogP contribution in [0.25, 0.3) is 0 Å². The van der Waals surface area contributed by atoms with Gasteiger partial charge in [-0.25, -0.2) is 0 Å². The molecule has 1 fully saturated rings. The molecule has 2 rings (SSSR count). The van der Waals surface area contributed by atoms with Gasteiger partial charge in [-0.1, -0.05) is 6.92 Å². The van der Waals surface area contributed by atoms with Crippen molar-refractivity contribution in [2.24, 2.45) is 0 Å². The number of nitrogens with zero attached hydrogens (tertiary/aromatic N) is 2. The molecule has 0 amide bonds. The minimum Gasteiger partial charge on any atom is -0.399 e. The highest BCUT2D eigenvalue weighted by Gasteiger charge is 2.52. The molecule has 6 heteroatoms. The largest absolute Gasteiger partial charge is 0.498 e. The number of hydrogen-bond donors (Lipinski definition) is 1. The van der Waals surface area contributed by atoms with Crippen LogP contribution in [0, 0.1) is 6.92 Å². The first-order valence-corrected chi connectivity index (χ1v) is 7.24. The lowest BCUT2D eigenvalue weighted by Gasteiger charge is -2.32. The second kappa shape index (κ2) is 5.17. The Morgan fingerprint density at radius 3 is 2.35 bits per heavy atom. The van der Waals surface area contributed by atoms with Crippen LogP contribution < -0.4 is 5.46 Å². The van der Waals surface area contributed by atoms with E-state index in [1.165, 1.54) is 0 Å². The summed E-state index contributed by atoms with van der Waals surface area (Å²) in [5, 5.41) is 14.2. The zero-order valence-electron chi connectivity index (χ0n) is 13.3. The standard InChI is InChI=1S/C14H25BN2O3/c1-7-11(18)8-17-9-12(10(2)16-17)15-19-13(3,4)14(5,6)20-15/h9,11,18H,7-8H2,1-6H3. The van der Waals surface area contributed by atoms with E-state index in [2.05, 4.69) is 5.10 Å². The van der Waals surface area contributed by atoms with Crippen molar-refractivity contribution in [3.05, 3.63) is 11.9 Å². The maximum Gasteiger partial charge on any atom is 0.498 e. The first kappa shape index (κ1) is 15.5. The average molecular weight is 280 g/mol. The van der Waals surface area contributed by atoms with Gasteiger partial charge in [0.05, 0.1) is 29.5 Å². The average Bonchev–Trinajstić information content (AvgIpc) is 2.77. The molecule has 1 N–H and O–H groups in total. The fourth-order valence-corrected chi connectivity index (χ4v) is 2.17. The summed E-state index contributed by atoms with van der Waals surface area (Å²) in [7, 11) is -0.396. The van der Waals surface area contributed by atoms with Gasteiger partial charge in [0, 0.05) is 11.7 Å². The van der Waals surface area contributed by atoms with Gasteiger partial charge < -0.3 is 14.4 Å². The second-order valence-electron chi connectivity index (χ2n) is 6.54. The number of hydrogen-bond acceptors (Lipinski definition) is 4. The predicted octanol–water partition coefficient (Wildman–Crippen LogP) is 1.26. The van der Waals surface area contributed by atoms with E-state index in [0.717, 1.165) is 11.2 Å². The normalized spacial score (nSPS) is 22.2. The number of aryl methyl sites for hydroxylation is 1. The summed E-state index contributed by atoms with van der Waals surface area (Å²) in [5.41, 5.74) is 1.11.